The fourth-order valence-corrected chi connectivity index (χ4v) is 3.66. The molecule has 2 aromatic carbocycles. The summed E-state index contributed by atoms with van der Waals surface area (Å²) in [7, 11) is 1.71. The van der Waals surface area contributed by atoms with Gasteiger partial charge in [-0.3, -0.25) is 0 Å². The normalized spacial score (nSPS) is 13.9. The van der Waals surface area contributed by atoms with Crippen LogP contribution in [0.2, 0.25) is 0 Å². The monoisotopic (exact) mass is 307 g/mol. The molecule has 1 atom stereocenters. The zero-order valence-corrected chi connectivity index (χ0v) is 14.4. The van der Waals surface area contributed by atoms with Crippen LogP contribution >= 0.6 is 0 Å². The van der Waals surface area contributed by atoms with Crippen molar-refractivity contribution in [2.45, 2.75) is 39.0 Å². The van der Waals surface area contributed by atoms with Crippen molar-refractivity contribution in [1.29, 1.82) is 0 Å². The molecule has 23 heavy (non-hydrogen) atoms. The van der Waals surface area contributed by atoms with Crippen LogP contribution in [0.3, 0.4) is 0 Å². The van der Waals surface area contributed by atoms with Gasteiger partial charge in [-0.05, 0) is 42.2 Å². The van der Waals surface area contributed by atoms with Crippen LogP contribution < -0.4 is 4.74 Å². The van der Waals surface area contributed by atoms with Gasteiger partial charge in [0, 0.05) is 22.5 Å². The predicted molar refractivity (Wildman–Crippen MR) is 97.4 cm³/mol. The third kappa shape index (κ3) is 2.63. The maximum atomic E-state index is 5.31. The fraction of sp³-hybridized carbons (Fsp3) is 0.333. The number of hydrogen-bond donors (Lipinski definition) is 1. The molecule has 2 heteroatoms. The summed E-state index contributed by atoms with van der Waals surface area (Å²) in [4.78, 5) is 3.49. The van der Waals surface area contributed by atoms with E-state index in [0.29, 0.717) is 0 Å². The van der Waals surface area contributed by atoms with Crippen LogP contribution in [-0.2, 0) is 5.41 Å². The minimum Gasteiger partial charge on any atom is -0.497 e. The van der Waals surface area contributed by atoms with E-state index in [2.05, 4.69) is 74.4 Å². The summed E-state index contributed by atoms with van der Waals surface area (Å²) in [6.45, 7) is 6.76. The standard InChI is InChI=1S/C21H25NO/c1-5-13-21(3,16-9-11-17(23-4)12-10-16)19-14-22-20-15(2)7-6-8-18(19)20/h6-12,14,22H,5,13H2,1-4H3. The molecule has 0 saturated carbocycles. The molecular weight excluding hydrogens is 282 g/mol. The number of para-hydroxylation sites is 1. The van der Waals surface area contributed by atoms with Crippen molar-refractivity contribution >= 4 is 10.9 Å². The van der Waals surface area contributed by atoms with E-state index in [-0.39, 0.29) is 5.41 Å². The number of aromatic nitrogens is 1. The Hall–Kier alpha value is -2.22. The Morgan fingerprint density at radius 2 is 1.83 bits per heavy atom. The Morgan fingerprint density at radius 3 is 2.48 bits per heavy atom. The minimum atomic E-state index is -0.00688. The van der Waals surface area contributed by atoms with Gasteiger partial charge < -0.3 is 9.72 Å². The Labute approximate surface area is 138 Å². The molecule has 1 N–H and O–H groups in total. The van der Waals surface area contributed by atoms with Crippen LogP contribution in [0, 0.1) is 6.92 Å². The highest BCUT2D eigenvalue weighted by atomic mass is 16.5. The van der Waals surface area contributed by atoms with Crippen LogP contribution in [0.25, 0.3) is 10.9 Å². The molecule has 1 heterocycles. The molecule has 3 rings (SSSR count). The Balaban J connectivity index is 2.17. The first-order valence-corrected chi connectivity index (χ1v) is 8.32. The van der Waals surface area contributed by atoms with Crippen molar-refractivity contribution in [2.24, 2.45) is 0 Å². The minimum absolute atomic E-state index is 0.00688. The number of fused-ring (bicyclic) bond motifs is 1. The van der Waals surface area contributed by atoms with E-state index in [9.17, 15) is 0 Å². The number of nitrogens with one attached hydrogen (secondary N) is 1. The second-order valence-corrected chi connectivity index (χ2v) is 6.51. The number of benzene rings is 2. The first-order valence-electron chi connectivity index (χ1n) is 8.32. The van der Waals surface area contributed by atoms with Gasteiger partial charge in [0.05, 0.1) is 7.11 Å². The maximum absolute atomic E-state index is 5.31. The van der Waals surface area contributed by atoms with E-state index >= 15 is 0 Å². The van der Waals surface area contributed by atoms with Crippen molar-refractivity contribution in [1.82, 2.24) is 4.98 Å². The summed E-state index contributed by atoms with van der Waals surface area (Å²) in [5, 5.41) is 1.33. The molecule has 0 bridgehead atoms. The Morgan fingerprint density at radius 1 is 1.09 bits per heavy atom. The van der Waals surface area contributed by atoms with Crippen molar-refractivity contribution < 1.29 is 4.74 Å². The summed E-state index contributed by atoms with van der Waals surface area (Å²) in [5.41, 5.74) is 5.25. The number of H-pyrrole nitrogens is 1. The highest BCUT2D eigenvalue weighted by molar-refractivity contribution is 5.87. The zero-order chi connectivity index (χ0) is 16.4. The molecule has 3 aromatic rings. The van der Waals surface area contributed by atoms with E-state index in [1.54, 1.807) is 7.11 Å². The van der Waals surface area contributed by atoms with E-state index in [1.165, 1.54) is 27.6 Å². The van der Waals surface area contributed by atoms with Crippen molar-refractivity contribution in [3.8, 4) is 5.75 Å². The lowest BCUT2D eigenvalue weighted by Gasteiger charge is -2.30. The average molecular weight is 307 g/mol. The van der Waals surface area contributed by atoms with Gasteiger partial charge in [-0.15, -0.1) is 0 Å². The first kappa shape index (κ1) is 15.7. The smallest absolute Gasteiger partial charge is 0.118 e. The van der Waals surface area contributed by atoms with Gasteiger partial charge in [0.1, 0.15) is 5.75 Å². The maximum Gasteiger partial charge on any atom is 0.118 e. The largest absolute Gasteiger partial charge is 0.497 e. The summed E-state index contributed by atoms with van der Waals surface area (Å²) < 4.78 is 5.31. The van der Waals surface area contributed by atoms with Gasteiger partial charge in [-0.2, -0.15) is 0 Å². The molecule has 0 amide bonds. The van der Waals surface area contributed by atoms with Crippen LogP contribution in [0.1, 0.15) is 43.4 Å². The van der Waals surface area contributed by atoms with Crippen molar-refractivity contribution in [2.75, 3.05) is 7.11 Å². The molecule has 120 valence electrons. The van der Waals surface area contributed by atoms with Crippen LogP contribution in [0.15, 0.2) is 48.7 Å². The number of ether oxygens (including phenoxy) is 1. The number of hydrogen-bond acceptors (Lipinski definition) is 1. The summed E-state index contributed by atoms with van der Waals surface area (Å²) >= 11 is 0. The molecular formula is C21H25NO. The quantitative estimate of drug-likeness (QED) is 0.653. The second-order valence-electron chi connectivity index (χ2n) is 6.51. The Kier molecular flexibility index (Phi) is 4.16. The lowest BCUT2D eigenvalue weighted by molar-refractivity contribution is 0.414. The summed E-state index contributed by atoms with van der Waals surface area (Å²) in [6.07, 6.45) is 4.44. The lowest BCUT2D eigenvalue weighted by atomic mass is 9.73. The van der Waals surface area contributed by atoms with Crippen molar-refractivity contribution in [3.63, 3.8) is 0 Å². The van der Waals surface area contributed by atoms with E-state index < -0.39 is 0 Å². The van der Waals surface area contributed by atoms with Crippen molar-refractivity contribution in [3.05, 3.63) is 65.4 Å². The molecule has 0 saturated heterocycles. The van der Waals surface area contributed by atoms with Gasteiger partial charge >= 0.3 is 0 Å². The lowest BCUT2D eigenvalue weighted by Crippen LogP contribution is -2.23. The third-order valence-electron chi connectivity index (χ3n) is 5.00. The second kappa shape index (κ2) is 6.11. The predicted octanol–water partition coefficient (Wildman–Crippen LogP) is 5.59. The SMILES string of the molecule is CCCC(C)(c1ccc(OC)cc1)c1c[nH]c2c(C)cccc12. The third-order valence-corrected chi connectivity index (χ3v) is 5.00. The van der Waals surface area contributed by atoms with E-state index in [4.69, 9.17) is 4.74 Å². The van der Waals surface area contributed by atoms with Gasteiger partial charge in [-0.25, -0.2) is 0 Å². The molecule has 0 aliphatic rings. The molecule has 0 fully saturated rings. The molecule has 1 unspecified atom stereocenters. The van der Waals surface area contributed by atoms with E-state index in [1.807, 2.05) is 0 Å². The van der Waals surface area contributed by atoms with Gasteiger partial charge in [0.15, 0.2) is 0 Å². The van der Waals surface area contributed by atoms with E-state index in [0.717, 1.165) is 18.6 Å². The average Bonchev–Trinajstić information content (AvgIpc) is 3.01. The molecule has 2 nitrogen and oxygen atoms in total. The first-order chi connectivity index (χ1) is 11.1. The Bertz CT molecular complexity index is 800. The van der Waals surface area contributed by atoms with Crippen LogP contribution in [0.5, 0.6) is 5.75 Å². The molecule has 0 aliphatic heterocycles. The summed E-state index contributed by atoms with van der Waals surface area (Å²) in [5.74, 6) is 0.905. The fourth-order valence-electron chi connectivity index (χ4n) is 3.66. The zero-order valence-electron chi connectivity index (χ0n) is 14.4. The molecule has 0 radical (unpaired) electrons. The van der Waals surface area contributed by atoms with Gasteiger partial charge in [-0.1, -0.05) is 50.6 Å². The van der Waals surface area contributed by atoms with Crippen LogP contribution in [-0.4, -0.2) is 12.1 Å². The number of aryl methyl sites for hydroxylation is 1. The van der Waals surface area contributed by atoms with Gasteiger partial charge in [0.2, 0.25) is 0 Å². The topological polar surface area (TPSA) is 25.0 Å². The number of methoxy groups -OCH3 is 1. The van der Waals surface area contributed by atoms with Crippen LogP contribution in [0.4, 0.5) is 0 Å². The molecule has 1 aromatic heterocycles. The molecule has 0 spiro atoms. The van der Waals surface area contributed by atoms with Gasteiger partial charge in [0.25, 0.3) is 0 Å². The highest BCUT2D eigenvalue weighted by Crippen LogP contribution is 2.41. The number of rotatable bonds is 5. The molecule has 0 aliphatic carbocycles. The number of aromatic amines is 1. The summed E-state index contributed by atoms with van der Waals surface area (Å²) in [6, 6.07) is 15.0. The highest BCUT2D eigenvalue weighted by Gasteiger charge is 2.30.